The number of esters is 1. The van der Waals surface area contributed by atoms with Gasteiger partial charge in [-0.05, 0) is 0 Å². The molecule has 1 aliphatic heterocycles. The highest BCUT2D eigenvalue weighted by Gasteiger charge is 2.19. The standard InChI is InChI=1S/C11H15NO2S3/c1-14-10(13)3-2-8-6-17-11(12-8)9-7-15-4-5-16-9/h6,9H,2-5,7H2,1H3. The third-order valence-corrected chi connectivity index (χ3v) is 6.39. The lowest BCUT2D eigenvalue weighted by atomic mass is 10.2. The summed E-state index contributed by atoms with van der Waals surface area (Å²) >= 11 is 5.71. The van der Waals surface area contributed by atoms with Crippen molar-refractivity contribution in [2.75, 3.05) is 24.4 Å². The highest BCUT2D eigenvalue weighted by molar-refractivity contribution is 8.06. The van der Waals surface area contributed by atoms with Gasteiger partial charge in [-0.15, -0.1) is 23.1 Å². The Bertz CT molecular complexity index is 375. The van der Waals surface area contributed by atoms with Crippen LogP contribution in [0.4, 0.5) is 0 Å². The van der Waals surface area contributed by atoms with Gasteiger partial charge in [-0.2, -0.15) is 11.8 Å². The van der Waals surface area contributed by atoms with Crippen molar-refractivity contribution < 1.29 is 9.53 Å². The Morgan fingerprint density at radius 1 is 1.59 bits per heavy atom. The van der Waals surface area contributed by atoms with Gasteiger partial charge in [0.05, 0.1) is 24.5 Å². The predicted molar refractivity (Wildman–Crippen MR) is 75.0 cm³/mol. The molecule has 1 aliphatic rings. The summed E-state index contributed by atoms with van der Waals surface area (Å²) in [6, 6.07) is 0. The molecule has 17 heavy (non-hydrogen) atoms. The minimum absolute atomic E-state index is 0.165. The zero-order valence-corrected chi connectivity index (χ0v) is 12.1. The summed E-state index contributed by atoms with van der Waals surface area (Å²) in [6.45, 7) is 0. The molecule has 2 rings (SSSR count). The number of aromatic nitrogens is 1. The van der Waals surface area contributed by atoms with Crippen molar-refractivity contribution in [2.45, 2.75) is 18.1 Å². The van der Waals surface area contributed by atoms with E-state index >= 15 is 0 Å². The molecule has 1 unspecified atom stereocenters. The number of hydrogen-bond acceptors (Lipinski definition) is 6. The topological polar surface area (TPSA) is 39.2 Å². The number of carbonyl (C=O) groups is 1. The van der Waals surface area contributed by atoms with E-state index in [1.54, 1.807) is 11.3 Å². The number of nitrogens with zero attached hydrogens (tertiary/aromatic N) is 1. The largest absolute Gasteiger partial charge is 0.469 e. The SMILES string of the molecule is COC(=O)CCc1csc(C2CSCCS2)n1. The Hall–Kier alpha value is -0.200. The maximum absolute atomic E-state index is 11.0. The maximum Gasteiger partial charge on any atom is 0.305 e. The summed E-state index contributed by atoms with van der Waals surface area (Å²) in [6.07, 6.45) is 1.11. The summed E-state index contributed by atoms with van der Waals surface area (Å²) in [4.78, 5) is 15.7. The van der Waals surface area contributed by atoms with Crippen LogP contribution in [0, 0.1) is 0 Å². The van der Waals surface area contributed by atoms with Crippen molar-refractivity contribution in [3.05, 3.63) is 16.1 Å². The molecular weight excluding hydrogens is 274 g/mol. The maximum atomic E-state index is 11.0. The second-order valence-electron chi connectivity index (χ2n) is 3.69. The zero-order valence-electron chi connectivity index (χ0n) is 9.68. The van der Waals surface area contributed by atoms with Crippen molar-refractivity contribution in [3.8, 4) is 0 Å². The van der Waals surface area contributed by atoms with Gasteiger partial charge in [0.1, 0.15) is 5.01 Å². The van der Waals surface area contributed by atoms with E-state index in [1.165, 1.54) is 23.6 Å². The number of methoxy groups -OCH3 is 1. The fourth-order valence-electron chi connectivity index (χ4n) is 1.55. The fourth-order valence-corrected chi connectivity index (χ4v) is 5.40. The molecule has 0 saturated carbocycles. The predicted octanol–water partition coefficient (Wildman–Crippen LogP) is 2.77. The first-order valence-electron chi connectivity index (χ1n) is 5.50. The Kier molecular flexibility index (Phi) is 5.18. The molecule has 0 spiro atoms. The average Bonchev–Trinajstić information content (AvgIpc) is 2.86. The van der Waals surface area contributed by atoms with Crippen molar-refractivity contribution in [1.29, 1.82) is 0 Å². The third-order valence-electron chi connectivity index (χ3n) is 2.47. The first-order chi connectivity index (χ1) is 8.29. The third kappa shape index (κ3) is 3.89. The minimum Gasteiger partial charge on any atom is -0.469 e. The van der Waals surface area contributed by atoms with E-state index in [2.05, 4.69) is 15.1 Å². The lowest BCUT2D eigenvalue weighted by Gasteiger charge is -2.18. The summed E-state index contributed by atoms with van der Waals surface area (Å²) in [5.41, 5.74) is 1.02. The van der Waals surface area contributed by atoms with Gasteiger partial charge in [0, 0.05) is 29.1 Å². The highest BCUT2D eigenvalue weighted by atomic mass is 32.2. The second kappa shape index (κ2) is 6.66. The van der Waals surface area contributed by atoms with Gasteiger partial charge in [0.25, 0.3) is 0 Å². The molecule has 1 aromatic heterocycles. The van der Waals surface area contributed by atoms with Crippen LogP contribution in [-0.4, -0.2) is 35.3 Å². The first kappa shape index (κ1) is 13.2. The van der Waals surface area contributed by atoms with E-state index in [4.69, 9.17) is 0 Å². The first-order valence-corrected chi connectivity index (χ1v) is 8.58. The monoisotopic (exact) mass is 289 g/mol. The molecule has 0 aromatic carbocycles. The highest BCUT2D eigenvalue weighted by Crippen LogP contribution is 2.38. The Labute approximate surface area is 114 Å². The van der Waals surface area contributed by atoms with Gasteiger partial charge in [0.15, 0.2) is 0 Å². The lowest BCUT2D eigenvalue weighted by Crippen LogP contribution is -2.06. The lowest BCUT2D eigenvalue weighted by molar-refractivity contribution is -0.140. The fraction of sp³-hybridized carbons (Fsp3) is 0.636. The molecule has 0 aliphatic carbocycles. The van der Waals surface area contributed by atoms with E-state index < -0.39 is 0 Å². The number of hydrogen-bond donors (Lipinski definition) is 0. The number of aryl methyl sites for hydroxylation is 1. The van der Waals surface area contributed by atoms with E-state index in [1.807, 2.05) is 23.5 Å². The molecule has 0 N–H and O–H groups in total. The Balaban J connectivity index is 1.88. The molecule has 2 heterocycles. The van der Waals surface area contributed by atoms with Crippen LogP contribution in [-0.2, 0) is 16.0 Å². The van der Waals surface area contributed by atoms with Crippen LogP contribution >= 0.6 is 34.9 Å². The quantitative estimate of drug-likeness (QED) is 0.797. The van der Waals surface area contributed by atoms with Crippen molar-refractivity contribution in [1.82, 2.24) is 4.98 Å². The molecule has 3 nitrogen and oxygen atoms in total. The zero-order chi connectivity index (χ0) is 12.1. The number of rotatable bonds is 4. The number of thioether (sulfide) groups is 2. The van der Waals surface area contributed by atoms with E-state index in [0.717, 1.165) is 11.4 Å². The molecular formula is C11H15NO2S3. The molecule has 1 atom stereocenters. The normalized spacial score (nSPS) is 20.2. The van der Waals surface area contributed by atoms with E-state index in [0.29, 0.717) is 18.1 Å². The van der Waals surface area contributed by atoms with Crippen LogP contribution in [0.5, 0.6) is 0 Å². The smallest absolute Gasteiger partial charge is 0.305 e. The number of carbonyl (C=O) groups excluding carboxylic acids is 1. The summed E-state index contributed by atoms with van der Waals surface area (Å²) < 4.78 is 4.62. The molecule has 1 fully saturated rings. The van der Waals surface area contributed by atoms with Crippen molar-refractivity contribution >= 4 is 40.8 Å². The molecule has 1 aromatic rings. The van der Waals surface area contributed by atoms with Gasteiger partial charge in [-0.25, -0.2) is 4.98 Å². The van der Waals surface area contributed by atoms with Crippen LogP contribution in [0.15, 0.2) is 5.38 Å². The van der Waals surface area contributed by atoms with E-state index in [9.17, 15) is 4.79 Å². The average molecular weight is 289 g/mol. The van der Waals surface area contributed by atoms with Crippen LogP contribution in [0.1, 0.15) is 22.4 Å². The summed E-state index contributed by atoms with van der Waals surface area (Å²) in [7, 11) is 1.42. The van der Waals surface area contributed by atoms with Gasteiger partial charge in [-0.1, -0.05) is 0 Å². The summed E-state index contributed by atoms with van der Waals surface area (Å²) in [5.74, 6) is 3.46. The van der Waals surface area contributed by atoms with Crippen molar-refractivity contribution in [3.63, 3.8) is 0 Å². The molecule has 0 radical (unpaired) electrons. The van der Waals surface area contributed by atoms with E-state index in [-0.39, 0.29) is 5.97 Å². The Morgan fingerprint density at radius 3 is 3.18 bits per heavy atom. The van der Waals surface area contributed by atoms with Crippen LogP contribution in [0.25, 0.3) is 0 Å². The second-order valence-corrected chi connectivity index (χ2v) is 7.04. The minimum atomic E-state index is -0.165. The van der Waals surface area contributed by atoms with Gasteiger partial charge >= 0.3 is 5.97 Å². The Morgan fingerprint density at radius 2 is 2.47 bits per heavy atom. The van der Waals surface area contributed by atoms with Crippen LogP contribution < -0.4 is 0 Å². The van der Waals surface area contributed by atoms with Gasteiger partial charge < -0.3 is 4.74 Å². The van der Waals surface area contributed by atoms with Crippen molar-refractivity contribution in [2.24, 2.45) is 0 Å². The van der Waals surface area contributed by atoms with Crippen LogP contribution in [0.3, 0.4) is 0 Å². The van der Waals surface area contributed by atoms with Gasteiger partial charge in [0.2, 0.25) is 0 Å². The molecule has 0 bridgehead atoms. The molecule has 0 amide bonds. The molecule has 94 valence electrons. The van der Waals surface area contributed by atoms with Crippen LogP contribution in [0.2, 0.25) is 0 Å². The summed E-state index contributed by atoms with van der Waals surface area (Å²) in [5, 5.41) is 3.82. The number of thiazole rings is 1. The molecule has 6 heteroatoms. The van der Waals surface area contributed by atoms with Gasteiger partial charge in [-0.3, -0.25) is 4.79 Å². The molecule has 1 saturated heterocycles. The number of ether oxygens (including phenoxy) is 1.